The molecule has 0 fully saturated rings. The van der Waals surface area contributed by atoms with Gasteiger partial charge < -0.3 is 5.32 Å². The Hall–Kier alpha value is -2.03. The van der Waals surface area contributed by atoms with Crippen LogP contribution in [0.25, 0.3) is 10.2 Å². The van der Waals surface area contributed by atoms with E-state index in [0.29, 0.717) is 6.54 Å². The smallest absolute Gasteiger partial charge is 0.240 e. The van der Waals surface area contributed by atoms with E-state index in [1.54, 1.807) is 41.9 Å². The topological polar surface area (TPSA) is 84.0 Å². The molecular formula is C19H22N4O2S2. The molecule has 6 nitrogen and oxygen atoms in total. The van der Waals surface area contributed by atoms with Crippen LogP contribution in [0.5, 0.6) is 0 Å². The molecule has 3 aromatic rings. The predicted molar refractivity (Wildman–Crippen MR) is 109 cm³/mol. The van der Waals surface area contributed by atoms with Gasteiger partial charge in [0.1, 0.15) is 17.0 Å². The Kier molecular flexibility index (Phi) is 5.12. The Balaban J connectivity index is 1.44. The van der Waals surface area contributed by atoms with Gasteiger partial charge in [0.2, 0.25) is 10.0 Å². The number of fused-ring (bicyclic) bond motifs is 3. The zero-order valence-electron chi connectivity index (χ0n) is 15.2. The summed E-state index contributed by atoms with van der Waals surface area (Å²) in [6, 6.07) is 6.84. The van der Waals surface area contributed by atoms with Gasteiger partial charge in [-0.1, -0.05) is 17.7 Å². The monoisotopic (exact) mass is 402 g/mol. The van der Waals surface area contributed by atoms with Crippen LogP contribution in [0.2, 0.25) is 0 Å². The molecule has 0 radical (unpaired) electrons. The third kappa shape index (κ3) is 3.83. The minimum Gasteiger partial charge on any atom is -0.368 e. The highest BCUT2D eigenvalue weighted by Crippen LogP contribution is 2.37. The SMILES string of the molecule is Cc1ccc(S(=O)(=O)NCCNc2ncnc3sc4c(c23)CCCC4)cc1. The van der Waals surface area contributed by atoms with E-state index in [1.165, 1.54) is 23.3 Å². The summed E-state index contributed by atoms with van der Waals surface area (Å²) in [5, 5.41) is 4.40. The maximum absolute atomic E-state index is 12.4. The Labute approximate surface area is 163 Å². The third-order valence-corrected chi connectivity index (χ3v) is 7.47. The Morgan fingerprint density at radius 3 is 2.67 bits per heavy atom. The lowest BCUT2D eigenvalue weighted by molar-refractivity contribution is 0.583. The maximum atomic E-state index is 12.4. The van der Waals surface area contributed by atoms with Crippen LogP contribution in [0.3, 0.4) is 0 Å². The van der Waals surface area contributed by atoms with Crippen LogP contribution in [-0.2, 0) is 22.9 Å². The summed E-state index contributed by atoms with van der Waals surface area (Å²) in [6.45, 7) is 2.68. The maximum Gasteiger partial charge on any atom is 0.240 e. The molecule has 142 valence electrons. The first-order valence-corrected chi connectivity index (χ1v) is 11.4. The standard InChI is InChI=1S/C19H22N4O2S2/c1-13-6-8-14(9-7-13)27(24,25)23-11-10-20-18-17-15-4-2-3-5-16(15)26-19(17)22-12-21-18/h6-9,12,23H,2-5,10-11H2,1H3,(H,20,21,22). The molecule has 0 saturated heterocycles. The molecule has 0 bridgehead atoms. The van der Waals surface area contributed by atoms with E-state index >= 15 is 0 Å². The summed E-state index contributed by atoms with van der Waals surface area (Å²) in [6.07, 6.45) is 6.19. The second kappa shape index (κ2) is 7.53. The van der Waals surface area contributed by atoms with Crippen molar-refractivity contribution in [1.82, 2.24) is 14.7 Å². The van der Waals surface area contributed by atoms with Gasteiger partial charge in [0.05, 0.1) is 10.3 Å². The minimum atomic E-state index is -3.50. The molecule has 4 rings (SSSR count). The second-order valence-corrected chi connectivity index (χ2v) is 9.60. The van der Waals surface area contributed by atoms with E-state index < -0.39 is 10.0 Å². The van der Waals surface area contributed by atoms with E-state index in [9.17, 15) is 8.42 Å². The third-order valence-electron chi connectivity index (χ3n) is 4.79. The summed E-state index contributed by atoms with van der Waals surface area (Å²) in [4.78, 5) is 11.5. The Morgan fingerprint density at radius 1 is 1.07 bits per heavy atom. The van der Waals surface area contributed by atoms with Gasteiger partial charge in [-0.2, -0.15) is 0 Å². The fourth-order valence-corrected chi connectivity index (χ4v) is 5.65. The van der Waals surface area contributed by atoms with Gasteiger partial charge in [-0.15, -0.1) is 11.3 Å². The Morgan fingerprint density at radius 2 is 1.85 bits per heavy atom. The van der Waals surface area contributed by atoms with Crippen LogP contribution in [0.1, 0.15) is 28.8 Å². The number of sulfonamides is 1. The van der Waals surface area contributed by atoms with E-state index in [2.05, 4.69) is 20.0 Å². The molecule has 2 heterocycles. The van der Waals surface area contributed by atoms with Crippen LogP contribution < -0.4 is 10.0 Å². The van der Waals surface area contributed by atoms with Crippen molar-refractivity contribution in [3.63, 3.8) is 0 Å². The van der Waals surface area contributed by atoms with Gasteiger partial charge in [-0.25, -0.2) is 23.1 Å². The molecule has 8 heteroatoms. The number of aromatic nitrogens is 2. The summed E-state index contributed by atoms with van der Waals surface area (Å²) < 4.78 is 27.3. The van der Waals surface area contributed by atoms with Gasteiger partial charge in [0, 0.05) is 18.0 Å². The molecule has 27 heavy (non-hydrogen) atoms. The van der Waals surface area contributed by atoms with E-state index in [4.69, 9.17) is 0 Å². The molecule has 2 N–H and O–H groups in total. The molecule has 1 aliphatic carbocycles. The van der Waals surface area contributed by atoms with Crippen molar-refractivity contribution in [2.75, 3.05) is 18.4 Å². The summed E-state index contributed by atoms with van der Waals surface area (Å²) >= 11 is 1.75. The first-order valence-electron chi connectivity index (χ1n) is 9.10. The normalized spacial score (nSPS) is 14.3. The molecule has 2 aromatic heterocycles. The number of hydrogen-bond acceptors (Lipinski definition) is 6. The first-order chi connectivity index (χ1) is 13.0. The molecule has 1 aliphatic rings. The number of rotatable bonds is 6. The number of nitrogens with one attached hydrogen (secondary N) is 2. The van der Waals surface area contributed by atoms with E-state index in [1.807, 2.05) is 6.92 Å². The van der Waals surface area contributed by atoms with Crippen LogP contribution in [-0.4, -0.2) is 31.5 Å². The van der Waals surface area contributed by atoms with Crippen molar-refractivity contribution in [3.05, 3.63) is 46.6 Å². The van der Waals surface area contributed by atoms with Crippen molar-refractivity contribution < 1.29 is 8.42 Å². The number of anilines is 1. The van der Waals surface area contributed by atoms with Crippen LogP contribution >= 0.6 is 11.3 Å². The van der Waals surface area contributed by atoms with Crippen molar-refractivity contribution in [3.8, 4) is 0 Å². The van der Waals surface area contributed by atoms with Crippen LogP contribution in [0, 0.1) is 6.92 Å². The predicted octanol–water partition coefficient (Wildman–Crippen LogP) is 3.27. The quantitative estimate of drug-likeness (QED) is 0.618. The van der Waals surface area contributed by atoms with E-state index in [-0.39, 0.29) is 11.4 Å². The lowest BCUT2D eigenvalue weighted by Crippen LogP contribution is -2.29. The molecule has 1 aromatic carbocycles. The zero-order chi connectivity index (χ0) is 18.9. The van der Waals surface area contributed by atoms with Crippen molar-refractivity contribution >= 4 is 37.4 Å². The van der Waals surface area contributed by atoms with E-state index in [0.717, 1.165) is 34.4 Å². The first kappa shape index (κ1) is 18.3. The second-order valence-electron chi connectivity index (χ2n) is 6.75. The van der Waals surface area contributed by atoms with Crippen molar-refractivity contribution in [2.45, 2.75) is 37.5 Å². The van der Waals surface area contributed by atoms with Crippen molar-refractivity contribution in [1.29, 1.82) is 0 Å². The van der Waals surface area contributed by atoms with Gasteiger partial charge >= 0.3 is 0 Å². The largest absolute Gasteiger partial charge is 0.368 e. The Bertz CT molecular complexity index is 1060. The number of thiophene rings is 1. The lowest BCUT2D eigenvalue weighted by Gasteiger charge is -2.12. The average molecular weight is 403 g/mol. The zero-order valence-corrected chi connectivity index (χ0v) is 16.8. The van der Waals surface area contributed by atoms with Gasteiger partial charge in [-0.05, 0) is 50.3 Å². The summed E-state index contributed by atoms with van der Waals surface area (Å²) in [5.74, 6) is 0.800. The van der Waals surface area contributed by atoms with Gasteiger partial charge in [-0.3, -0.25) is 0 Å². The fraction of sp³-hybridized carbons (Fsp3) is 0.368. The highest BCUT2D eigenvalue weighted by molar-refractivity contribution is 7.89. The average Bonchev–Trinajstić information content (AvgIpc) is 3.05. The highest BCUT2D eigenvalue weighted by Gasteiger charge is 2.20. The molecule has 0 unspecified atom stereocenters. The van der Waals surface area contributed by atoms with Gasteiger partial charge in [0.15, 0.2) is 0 Å². The fourth-order valence-electron chi connectivity index (χ4n) is 3.39. The van der Waals surface area contributed by atoms with Crippen LogP contribution in [0.4, 0.5) is 5.82 Å². The molecule has 0 aliphatic heterocycles. The summed E-state index contributed by atoms with van der Waals surface area (Å²) in [5.41, 5.74) is 2.40. The lowest BCUT2D eigenvalue weighted by atomic mass is 9.97. The van der Waals surface area contributed by atoms with Crippen molar-refractivity contribution in [2.24, 2.45) is 0 Å². The molecule has 0 amide bonds. The number of aryl methyl sites for hydroxylation is 3. The molecule has 0 saturated carbocycles. The number of nitrogens with zero attached hydrogens (tertiary/aromatic N) is 2. The molecule has 0 atom stereocenters. The summed E-state index contributed by atoms with van der Waals surface area (Å²) in [7, 11) is -3.50. The molecule has 0 spiro atoms. The molecular weight excluding hydrogens is 380 g/mol. The number of hydrogen-bond donors (Lipinski definition) is 2. The van der Waals surface area contributed by atoms with Crippen LogP contribution in [0.15, 0.2) is 35.5 Å². The number of benzene rings is 1. The highest BCUT2D eigenvalue weighted by atomic mass is 32.2. The minimum absolute atomic E-state index is 0.282. The van der Waals surface area contributed by atoms with Gasteiger partial charge in [0.25, 0.3) is 0 Å².